The fourth-order valence-electron chi connectivity index (χ4n) is 3.41. The Labute approximate surface area is 184 Å². The van der Waals surface area contributed by atoms with E-state index in [0.29, 0.717) is 18.5 Å². The second-order valence-electron chi connectivity index (χ2n) is 6.77. The van der Waals surface area contributed by atoms with E-state index in [1.807, 2.05) is 18.3 Å². The van der Waals surface area contributed by atoms with Crippen molar-refractivity contribution in [3.05, 3.63) is 59.8 Å². The first kappa shape index (κ1) is 22.4. The molecule has 2 heterocycles. The Bertz CT molecular complexity index is 723. The third kappa shape index (κ3) is 6.63. The van der Waals surface area contributed by atoms with Gasteiger partial charge in [0.05, 0.1) is 7.11 Å². The van der Waals surface area contributed by atoms with Crippen LogP contribution in [0.4, 0.5) is 0 Å². The number of benzene rings is 1. The number of hydrogen-bond acceptors (Lipinski definition) is 4. The van der Waals surface area contributed by atoms with Crippen molar-refractivity contribution < 1.29 is 4.74 Å². The largest absolute Gasteiger partial charge is 0.481 e. The predicted molar refractivity (Wildman–Crippen MR) is 124 cm³/mol. The van der Waals surface area contributed by atoms with E-state index in [0.717, 1.165) is 31.2 Å². The van der Waals surface area contributed by atoms with Gasteiger partial charge in [-0.2, -0.15) is 0 Å². The first-order valence-corrected chi connectivity index (χ1v) is 9.50. The molecule has 1 aliphatic rings. The van der Waals surface area contributed by atoms with Crippen LogP contribution in [0.15, 0.2) is 53.7 Å². The predicted octanol–water partition coefficient (Wildman–Crippen LogP) is 3.04. The minimum atomic E-state index is 0. The Morgan fingerprint density at radius 2 is 2.00 bits per heavy atom. The second-order valence-corrected chi connectivity index (χ2v) is 6.77. The van der Waals surface area contributed by atoms with E-state index in [1.54, 1.807) is 14.2 Å². The van der Waals surface area contributed by atoms with Crippen LogP contribution in [0.25, 0.3) is 0 Å². The van der Waals surface area contributed by atoms with Gasteiger partial charge in [-0.15, -0.1) is 24.0 Å². The van der Waals surface area contributed by atoms with E-state index in [9.17, 15) is 0 Å². The maximum Gasteiger partial charge on any atom is 0.212 e. The fraction of sp³-hybridized carbons (Fsp3) is 0.429. The van der Waals surface area contributed by atoms with Gasteiger partial charge in [0, 0.05) is 45.0 Å². The summed E-state index contributed by atoms with van der Waals surface area (Å²) in [6.45, 7) is 3.74. The van der Waals surface area contributed by atoms with Crippen molar-refractivity contribution in [2.75, 3.05) is 27.2 Å². The Balaban J connectivity index is 0.00000280. The van der Waals surface area contributed by atoms with Crippen LogP contribution in [0.5, 0.6) is 5.88 Å². The van der Waals surface area contributed by atoms with Crippen LogP contribution in [-0.2, 0) is 13.1 Å². The van der Waals surface area contributed by atoms with Crippen molar-refractivity contribution in [1.29, 1.82) is 0 Å². The number of pyridine rings is 1. The van der Waals surface area contributed by atoms with Gasteiger partial charge in [0.1, 0.15) is 0 Å². The molecule has 6 nitrogen and oxygen atoms in total. The highest BCUT2D eigenvalue weighted by Gasteiger charge is 2.24. The summed E-state index contributed by atoms with van der Waals surface area (Å²) in [5.41, 5.74) is 2.46. The lowest BCUT2D eigenvalue weighted by Crippen LogP contribution is -2.44. The molecule has 1 aromatic heterocycles. The van der Waals surface area contributed by atoms with E-state index in [2.05, 4.69) is 55.8 Å². The summed E-state index contributed by atoms with van der Waals surface area (Å²) in [6.07, 6.45) is 4.29. The van der Waals surface area contributed by atoms with Gasteiger partial charge in [0.15, 0.2) is 5.96 Å². The van der Waals surface area contributed by atoms with Crippen LogP contribution < -0.4 is 15.4 Å². The number of nitrogens with zero attached hydrogens (tertiary/aromatic N) is 3. The number of methoxy groups -OCH3 is 1. The average molecular weight is 495 g/mol. The number of rotatable bonds is 7. The van der Waals surface area contributed by atoms with Crippen molar-refractivity contribution in [3.63, 3.8) is 0 Å². The topological polar surface area (TPSA) is 61.8 Å². The molecule has 3 rings (SSSR count). The molecule has 152 valence electrons. The summed E-state index contributed by atoms with van der Waals surface area (Å²) in [7, 11) is 3.42. The lowest BCUT2D eigenvalue weighted by atomic mass is 10.2. The van der Waals surface area contributed by atoms with Crippen molar-refractivity contribution in [2.24, 2.45) is 4.99 Å². The summed E-state index contributed by atoms with van der Waals surface area (Å²) in [5.74, 6) is 1.44. The molecule has 1 fully saturated rings. The fourth-order valence-corrected chi connectivity index (χ4v) is 3.41. The number of hydrogen-bond donors (Lipinski definition) is 2. The van der Waals surface area contributed by atoms with Gasteiger partial charge in [0.2, 0.25) is 5.88 Å². The lowest BCUT2D eigenvalue weighted by Gasteiger charge is -2.25. The normalized spacial score (nSPS) is 17.1. The molecule has 1 saturated heterocycles. The summed E-state index contributed by atoms with van der Waals surface area (Å²) >= 11 is 0. The van der Waals surface area contributed by atoms with Gasteiger partial charge < -0.3 is 15.4 Å². The van der Waals surface area contributed by atoms with Gasteiger partial charge in [-0.05, 0) is 30.5 Å². The number of ether oxygens (including phenoxy) is 1. The van der Waals surface area contributed by atoms with E-state index < -0.39 is 0 Å². The molecule has 28 heavy (non-hydrogen) atoms. The molecule has 2 aromatic rings. The van der Waals surface area contributed by atoms with Gasteiger partial charge >= 0.3 is 0 Å². The van der Waals surface area contributed by atoms with Gasteiger partial charge in [-0.3, -0.25) is 9.89 Å². The third-order valence-corrected chi connectivity index (χ3v) is 4.92. The zero-order valence-electron chi connectivity index (χ0n) is 16.6. The second kappa shape index (κ2) is 11.9. The highest BCUT2D eigenvalue weighted by molar-refractivity contribution is 14.0. The number of likely N-dealkylation sites (tertiary alicyclic amines) is 1. The molecule has 7 heteroatoms. The minimum Gasteiger partial charge on any atom is -0.481 e. The number of aromatic nitrogens is 1. The van der Waals surface area contributed by atoms with Gasteiger partial charge in [0.25, 0.3) is 0 Å². The van der Waals surface area contributed by atoms with E-state index in [4.69, 9.17) is 4.74 Å². The maximum absolute atomic E-state index is 5.09. The van der Waals surface area contributed by atoms with Crippen LogP contribution >= 0.6 is 24.0 Å². The van der Waals surface area contributed by atoms with Crippen LogP contribution in [0, 0.1) is 0 Å². The van der Waals surface area contributed by atoms with Crippen molar-refractivity contribution >= 4 is 29.9 Å². The Kier molecular flexibility index (Phi) is 9.49. The molecule has 1 atom stereocenters. The summed E-state index contributed by atoms with van der Waals surface area (Å²) in [6, 6.07) is 15.1. The minimum absolute atomic E-state index is 0. The van der Waals surface area contributed by atoms with Crippen molar-refractivity contribution in [1.82, 2.24) is 20.5 Å². The first-order chi connectivity index (χ1) is 13.3. The molecular weight excluding hydrogens is 465 g/mol. The summed E-state index contributed by atoms with van der Waals surface area (Å²) in [5, 5.41) is 6.82. The molecule has 1 unspecified atom stereocenters. The molecule has 1 aromatic carbocycles. The standard InChI is InChI=1S/C21H29N5O.HI/c1-22-21(24-14-18-10-11-20(27-2)23-13-18)25-15-19-9-6-12-26(19)16-17-7-4-3-5-8-17;/h3-5,7-8,10-11,13,19H,6,9,12,14-16H2,1-2H3,(H2,22,24,25);1H. The van der Waals surface area contributed by atoms with Crippen molar-refractivity contribution in [3.8, 4) is 5.88 Å². The zero-order valence-corrected chi connectivity index (χ0v) is 18.9. The van der Waals surface area contributed by atoms with Crippen LogP contribution in [0.2, 0.25) is 0 Å². The Morgan fingerprint density at radius 3 is 2.68 bits per heavy atom. The molecule has 0 saturated carbocycles. The Hall–Kier alpha value is -1.87. The van der Waals surface area contributed by atoms with Crippen LogP contribution in [0.1, 0.15) is 24.0 Å². The third-order valence-electron chi connectivity index (χ3n) is 4.92. The van der Waals surface area contributed by atoms with Crippen LogP contribution in [-0.4, -0.2) is 49.1 Å². The Morgan fingerprint density at radius 1 is 1.18 bits per heavy atom. The average Bonchev–Trinajstić information content (AvgIpc) is 3.16. The molecule has 0 aliphatic carbocycles. The maximum atomic E-state index is 5.09. The quantitative estimate of drug-likeness (QED) is 0.352. The SMILES string of the molecule is CN=C(NCc1ccc(OC)nc1)NCC1CCCN1Cc1ccccc1.I. The number of nitrogens with one attached hydrogen (secondary N) is 2. The van der Waals surface area contributed by atoms with E-state index in [-0.39, 0.29) is 24.0 Å². The molecule has 0 bridgehead atoms. The lowest BCUT2D eigenvalue weighted by molar-refractivity contribution is 0.245. The molecule has 0 radical (unpaired) electrons. The smallest absolute Gasteiger partial charge is 0.212 e. The molecule has 1 aliphatic heterocycles. The van der Waals surface area contributed by atoms with Gasteiger partial charge in [-0.1, -0.05) is 36.4 Å². The van der Waals surface area contributed by atoms with Crippen molar-refractivity contribution in [2.45, 2.75) is 32.0 Å². The van der Waals surface area contributed by atoms with E-state index in [1.165, 1.54) is 18.4 Å². The first-order valence-electron chi connectivity index (χ1n) is 9.50. The van der Waals surface area contributed by atoms with E-state index >= 15 is 0 Å². The molecular formula is C21H30IN5O. The highest BCUT2D eigenvalue weighted by atomic mass is 127. The monoisotopic (exact) mass is 495 g/mol. The molecule has 2 N–H and O–H groups in total. The highest BCUT2D eigenvalue weighted by Crippen LogP contribution is 2.19. The molecule has 0 spiro atoms. The summed E-state index contributed by atoms with van der Waals surface area (Å²) < 4.78 is 5.09. The zero-order chi connectivity index (χ0) is 18.9. The van der Waals surface area contributed by atoms with Crippen LogP contribution in [0.3, 0.4) is 0 Å². The summed E-state index contributed by atoms with van der Waals surface area (Å²) in [4.78, 5) is 11.1. The molecule has 0 amide bonds. The van der Waals surface area contributed by atoms with Gasteiger partial charge in [-0.25, -0.2) is 4.98 Å². The number of guanidine groups is 1. The number of aliphatic imine (C=N–C) groups is 1. The number of halogens is 1.